The third-order valence-electron chi connectivity index (χ3n) is 4.77. The fourth-order valence-electron chi connectivity index (χ4n) is 3.45. The quantitative estimate of drug-likeness (QED) is 0.783. The summed E-state index contributed by atoms with van der Waals surface area (Å²) in [7, 11) is 0. The van der Waals surface area contributed by atoms with Crippen LogP contribution in [0.2, 0.25) is 0 Å². The Kier molecular flexibility index (Phi) is 5.08. The molecule has 2 heteroatoms. The van der Waals surface area contributed by atoms with Crippen molar-refractivity contribution in [3.05, 3.63) is 35.4 Å². The number of carbonyl (C=O) groups is 1. The maximum atomic E-state index is 11.8. The molecule has 0 bridgehead atoms. The van der Waals surface area contributed by atoms with E-state index >= 15 is 0 Å². The highest BCUT2D eigenvalue weighted by Gasteiger charge is 2.30. The van der Waals surface area contributed by atoms with Gasteiger partial charge in [0.25, 0.3) is 0 Å². The number of rotatable bonds is 3. The van der Waals surface area contributed by atoms with Gasteiger partial charge in [0, 0.05) is 0 Å². The summed E-state index contributed by atoms with van der Waals surface area (Å²) in [5, 5.41) is 9.70. The van der Waals surface area contributed by atoms with Crippen LogP contribution in [0.3, 0.4) is 0 Å². The maximum Gasteiger partial charge on any atom is 0.311 e. The van der Waals surface area contributed by atoms with Crippen molar-refractivity contribution in [3.63, 3.8) is 0 Å². The summed E-state index contributed by atoms with van der Waals surface area (Å²) in [6.07, 6.45) is 6.97. The third kappa shape index (κ3) is 4.09. The number of carboxylic acid groups (broad SMARTS) is 1. The number of aliphatic carboxylic acids is 1. The van der Waals surface area contributed by atoms with Gasteiger partial charge >= 0.3 is 5.97 Å². The molecule has 1 saturated carbocycles. The van der Waals surface area contributed by atoms with Crippen molar-refractivity contribution in [2.75, 3.05) is 0 Å². The number of hydrogen-bond donors (Lipinski definition) is 1. The van der Waals surface area contributed by atoms with Gasteiger partial charge in [-0.25, -0.2) is 0 Å². The van der Waals surface area contributed by atoms with E-state index in [0.29, 0.717) is 5.92 Å². The van der Waals surface area contributed by atoms with Gasteiger partial charge in [0.1, 0.15) is 0 Å². The minimum atomic E-state index is -0.662. The Bertz CT molecular complexity index is 459. The highest BCUT2D eigenvalue weighted by molar-refractivity contribution is 5.76. The molecule has 2 nitrogen and oxygen atoms in total. The van der Waals surface area contributed by atoms with Crippen LogP contribution in [-0.2, 0) is 10.2 Å². The van der Waals surface area contributed by atoms with E-state index in [1.807, 2.05) is 12.1 Å². The van der Waals surface area contributed by atoms with E-state index in [1.165, 1.54) is 31.2 Å². The van der Waals surface area contributed by atoms with Crippen molar-refractivity contribution in [1.29, 1.82) is 0 Å². The first-order valence-corrected chi connectivity index (χ1v) is 8.23. The normalized spacial score (nSPS) is 19.0. The Labute approximate surface area is 128 Å². The molecule has 21 heavy (non-hydrogen) atoms. The molecule has 116 valence electrons. The Hall–Kier alpha value is -1.31. The van der Waals surface area contributed by atoms with Crippen LogP contribution in [-0.4, -0.2) is 11.1 Å². The van der Waals surface area contributed by atoms with E-state index in [-0.39, 0.29) is 11.3 Å². The molecule has 1 aliphatic rings. The van der Waals surface area contributed by atoms with Crippen molar-refractivity contribution in [1.82, 2.24) is 0 Å². The van der Waals surface area contributed by atoms with E-state index in [1.54, 1.807) is 0 Å². The summed E-state index contributed by atoms with van der Waals surface area (Å²) in [5.74, 6) is -0.701. The van der Waals surface area contributed by atoms with Crippen molar-refractivity contribution >= 4 is 5.97 Å². The first-order chi connectivity index (χ1) is 9.89. The summed E-state index contributed by atoms with van der Waals surface area (Å²) in [6.45, 7) is 6.55. The predicted molar refractivity (Wildman–Crippen MR) is 86.7 cm³/mol. The Morgan fingerprint density at radius 3 is 2.00 bits per heavy atom. The summed E-state index contributed by atoms with van der Waals surface area (Å²) in [6, 6.07) is 8.26. The second-order valence-corrected chi connectivity index (χ2v) is 7.44. The molecule has 1 unspecified atom stereocenters. The van der Waals surface area contributed by atoms with Gasteiger partial charge in [-0.1, -0.05) is 70.7 Å². The first-order valence-electron chi connectivity index (χ1n) is 8.23. The van der Waals surface area contributed by atoms with E-state index in [2.05, 4.69) is 32.9 Å². The predicted octanol–water partition coefficient (Wildman–Crippen LogP) is 5.12. The van der Waals surface area contributed by atoms with Gasteiger partial charge < -0.3 is 5.11 Å². The van der Waals surface area contributed by atoms with Crippen LogP contribution in [0.5, 0.6) is 0 Å². The van der Waals surface area contributed by atoms with Crippen molar-refractivity contribution in [2.24, 2.45) is 5.92 Å². The zero-order chi connectivity index (χ0) is 15.5. The van der Waals surface area contributed by atoms with Crippen LogP contribution >= 0.6 is 0 Å². The lowest BCUT2D eigenvalue weighted by Gasteiger charge is -2.24. The van der Waals surface area contributed by atoms with Gasteiger partial charge in [-0.05, 0) is 35.3 Å². The molecule has 0 radical (unpaired) electrons. The summed E-state index contributed by atoms with van der Waals surface area (Å²) in [5.41, 5.74) is 2.35. The lowest BCUT2D eigenvalue weighted by molar-refractivity contribution is -0.140. The average Bonchev–Trinajstić information content (AvgIpc) is 2.67. The van der Waals surface area contributed by atoms with Gasteiger partial charge in [-0.15, -0.1) is 0 Å². The van der Waals surface area contributed by atoms with Crippen molar-refractivity contribution in [2.45, 2.75) is 70.6 Å². The van der Waals surface area contributed by atoms with Gasteiger partial charge in [-0.2, -0.15) is 0 Å². The summed E-state index contributed by atoms with van der Waals surface area (Å²) in [4.78, 5) is 11.8. The highest BCUT2D eigenvalue weighted by Crippen LogP contribution is 2.36. The molecule has 1 atom stereocenters. The molecule has 1 aliphatic carbocycles. The van der Waals surface area contributed by atoms with Crippen molar-refractivity contribution < 1.29 is 9.90 Å². The van der Waals surface area contributed by atoms with E-state index in [9.17, 15) is 9.90 Å². The van der Waals surface area contributed by atoms with Crippen LogP contribution in [0.4, 0.5) is 0 Å². The molecule has 2 rings (SSSR count). The smallest absolute Gasteiger partial charge is 0.311 e. The molecule has 0 amide bonds. The third-order valence-corrected chi connectivity index (χ3v) is 4.77. The second-order valence-electron chi connectivity index (χ2n) is 7.44. The van der Waals surface area contributed by atoms with Crippen LogP contribution < -0.4 is 0 Å². The summed E-state index contributed by atoms with van der Waals surface area (Å²) < 4.78 is 0. The monoisotopic (exact) mass is 288 g/mol. The molecular weight excluding hydrogens is 260 g/mol. The zero-order valence-electron chi connectivity index (χ0n) is 13.6. The molecule has 1 N–H and O–H groups in total. The fourth-order valence-corrected chi connectivity index (χ4v) is 3.45. The highest BCUT2D eigenvalue weighted by atomic mass is 16.4. The number of carboxylic acids is 1. The zero-order valence-corrected chi connectivity index (χ0v) is 13.6. The van der Waals surface area contributed by atoms with Gasteiger partial charge in [0.15, 0.2) is 0 Å². The molecule has 1 aromatic rings. The second kappa shape index (κ2) is 6.64. The van der Waals surface area contributed by atoms with Crippen LogP contribution in [0, 0.1) is 5.92 Å². The number of benzene rings is 1. The fraction of sp³-hybridized carbons (Fsp3) is 0.632. The molecule has 0 heterocycles. The van der Waals surface area contributed by atoms with E-state index in [0.717, 1.165) is 18.4 Å². The Balaban J connectivity index is 2.23. The molecule has 0 saturated heterocycles. The lowest BCUT2D eigenvalue weighted by atomic mass is 9.80. The Morgan fingerprint density at radius 2 is 1.57 bits per heavy atom. The molecular formula is C19H28O2. The summed E-state index contributed by atoms with van der Waals surface area (Å²) >= 11 is 0. The Morgan fingerprint density at radius 1 is 1.05 bits per heavy atom. The molecule has 0 aromatic heterocycles. The van der Waals surface area contributed by atoms with Gasteiger partial charge in [0.2, 0.25) is 0 Å². The number of hydrogen-bond acceptors (Lipinski definition) is 1. The van der Waals surface area contributed by atoms with Crippen LogP contribution in [0.1, 0.15) is 76.3 Å². The minimum absolute atomic E-state index is 0.111. The van der Waals surface area contributed by atoms with Crippen molar-refractivity contribution in [3.8, 4) is 0 Å². The van der Waals surface area contributed by atoms with Crippen LogP contribution in [0.15, 0.2) is 24.3 Å². The van der Waals surface area contributed by atoms with Gasteiger partial charge in [-0.3, -0.25) is 4.79 Å². The van der Waals surface area contributed by atoms with E-state index < -0.39 is 5.97 Å². The largest absolute Gasteiger partial charge is 0.481 e. The average molecular weight is 288 g/mol. The SMILES string of the molecule is CC(C)(C)c1ccc(C(C(=O)O)C2CCCCCC2)cc1. The minimum Gasteiger partial charge on any atom is -0.481 e. The topological polar surface area (TPSA) is 37.3 Å². The lowest BCUT2D eigenvalue weighted by Crippen LogP contribution is -2.21. The van der Waals surface area contributed by atoms with E-state index in [4.69, 9.17) is 0 Å². The molecule has 1 aromatic carbocycles. The maximum absolute atomic E-state index is 11.8. The molecule has 0 spiro atoms. The first kappa shape index (κ1) is 16.1. The molecule has 1 fully saturated rings. The standard InChI is InChI=1S/C19H28O2/c1-19(2,3)16-12-10-15(11-13-16)17(18(20)21)14-8-6-4-5-7-9-14/h10-14,17H,4-9H2,1-3H3,(H,20,21). The molecule has 0 aliphatic heterocycles. The van der Waals surface area contributed by atoms with Gasteiger partial charge in [0.05, 0.1) is 5.92 Å². The van der Waals surface area contributed by atoms with Crippen LogP contribution in [0.25, 0.3) is 0 Å².